The van der Waals surface area contributed by atoms with E-state index in [1.165, 1.54) is 10.4 Å². The maximum atomic E-state index is 12.2. The molecular weight excluding hydrogens is 302 g/mol. The van der Waals surface area contributed by atoms with Crippen LogP contribution in [0.1, 0.15) is 48.0 Å². The highest BCUT2D eigenvalue weighted by Gasteiger charge is 2.31. The number of rotatable bonds is 1. The first kappa shape index (κ1) is 16.2. The van der Waals surface area contributed by atoms with Gasteiger partial charge in [-0.15, -0.1) is 11.3 Å². The Hall–Kier alpha value is -1.14. The fourth-order valence-corrected chi connectivity index (χ4v) is 3.90. The lowest BCUT2D eigenvalue weighted by atomic mass is 9.72. The Balaban J connectivity index is 2.07. The van der Waals surface area contributed by atoms with Crippen molar-refractivity contribution in [2.45, 2.75) is 40.0 Å². The Morgan fingerprint density at radius 2 is 2.10 bits per heavy atom. The van der Waals surface area contributed by atoms with Crippen molar-refractivity contribution in [2.75, 3.05) is 7.05 Å². The lowest BCUT2D eigenvalue weighted by Gasteiger charge is -2.34. The highest BCUT2D eigenvalue weighted by atomic mass is 32.1. The van der Waals surface area contributed by atoms with Gasteiger partial charge >= 0.3 is 0 Å². The minimum atomic E-state index is -0.112. The van der Waals surface area contributed by atoms with E-state index in [2.05, 4.69) is 36.9 Å². The molecule has 3 N–H and O–H groups in total. The number of hydrazine groups is 1. The average molecular weight is 326 g/mol. The standard InChI is InChI=1S/C15H23N3OS2/c1-15(2,3)9-5-6-10-11(8-21-12(10)7-9)13(19)17-18-14(20)16-4/h8-9H,5-7H2,1-4H3,(H,17,19)(H2,16,18,20)/t9-/m1/s1. The minimum Gasteiger partial charge on any atom is -0.364 e. The molecule has 1 aliphatic rings. The van der Waals surface area contributed by atoms with Gasteiger partial charge in [0.2, 0.25) is 0 Å². The number of nitrogens with one attached hydrogen (secondary N) is 3. The van der Waals surface area contributed by atoms with Crippen LogP contribution in [-0.2, 0) is 12.8 Å². The van der Waals surface area contributed by atoms with E-state index in [0.29, 0.717) is 16.4 Å². The topological polar surface area (TPSA) is 53.2 Å². The molecule has 0 bridgehead atoms. The monoisotopic (exact) mass is 325 g/mol. The van der Waals surface area contributed by atoms with Crippen LogP contribution in [0.3, 0.4) is 0 Å². The van der Waals surface area contributed by atoms with Crippen molar-refractivity contribution in [2.24, 2.45) is 11.3 Å². The van der Waals surface area contributed by atoms with Crippen LogP contribution in [-0.4, -0.2) is 18.1 Å². The summed E-state index contributed by atoms with van der Waals surface area (Å²) < 4.78 is 0. The van der Waals surface area contributed by atoms with Crippen LogP contribution in [0.5, 0.6) is 0 Å². The van der Waals surface area contributed by atoms with Crippen molar-refractivity contribution < 1.29 is 4.79 Å². The van der Waals surface area contributed by atoms with E-state index in [-0.39, 0.29) is 5.91 Å². The summed E-state index contributed by atoms with van der Waals surface area (Å²) in [6, 6.07) is 0. The molecule has 0 spiro atoms. The number of fused-ring (bicyclic) bond motifs is 1. The first-order chi connectivity index (χ1) is 9.82. The van der Waals surface area contributed by atoms with E-state index in [1.807, 2.05) is 5.38 Å². The molecule has 0 saturated heterocycles. The van der Waals surface area contributed by atoms with Gasteiger partial charge in [0.25, 0.3) is 5.91 Å². The molecule has 1 aromatic rings. The van der Waals surface area contributed by atoms with Crippen LogP contribution in [0.4, 0.5) is 0 Å². The quantitative estimate of drug-likeness (QED) is 0.549. The van der Waals surface area contributed by atoms with E-state index in [4.69, 9.17) is 12.2 Å². The molecular formula is C15H23N3OS2. The van der Waals surface area contributed by atoms with Crippen molar-refractivity contribution in [3.63, 3.8) is 0 Å². The normalized spacial score (nSPS) is 17.8. The third-order valence-electron chi connectivity index (χ3n) is 4.14. The number of amides is 1. The molecule has 0 radical (unpaired) electrons. The first-order valence-corrected chi connectivity index (χ1v) is 8.49. The van der Waals surface area contributed by atoms with E-state index in [1.54, 1.807) is 18.4 Å². The summed E-state index contributed by atoms with van der Waals surface area (Å²) in [4.78, 5) is 13.6. The maximum absolute atomic E-state index is 12.2. The van der Waals surface area contributed by atoms with Crippen molar-refractivity contribution in [3.05, 3.63) is 21.4 Å². The second kappa shape index (κ2) is 6.32. The van der Waals surface area contributed by atoms with Crippen LogP contribution in [0.2, 0.25) is 0 Å². The average Bonchev–Trinajstić information content (AvgIpc) is 2.86. The molecule has 1 atom stereocenters. The fourth-order valence-electron chi connectivity index (χ4n) is 2.69. The summed E-state index contributed by atoms with van der Waals surface area (Å²) in [6.45, 7) is 6.89. The highest BCUT2D eigenvalue weighted by molar-refractivity contribution is 7.80. The van der Waals surface area contributed by atoms with Crippen molar-refractivity contribution in [3.8, 4) is 0 Å². The molecule has 6 heteroatoms. The Morgan fingerprint density at radius 3 is 2.71 bits per heavy atom. The van der Waals surface area contributed by atoms with Crippen LogP contribution >= 0.6 is 23.6 Å². The van der Waals surface area contributed by atoms with Crippen LogP contribution < -0.4 is 16.2 Å². The van der Waals surface area contributed by atoms with Gasteiger partial charge < -0.3 is 5.32 Å². The van der Waals surface area contributed by atoms with Gasteiger partial charge in [0, 0.05) is 17.3 Å². The third kappa shape index (κ3) is 3.74. The zero-order valence-electron chi connectivity index (χ0n) is 13.0. The zero-order chi connectivity index (χ0) is 15.6. The van der Waals surface area contributed by atoms with Gasteiger partial charge in [-0.2, -0.15) is 0 Å². The summed E-state index contributed by atoms with van der Waals surface area (Å²) in [5.41, 5.74) is 7.65. The Labute approximate surface area is 135 Å². The van der Waals surface area contributed by atoms with Gasteiger partial charge in [-0.1, -0.05) is 20.8 Å². The lowest BCUT2D eigenvalue weighted by molar-refractivity contribution is 0.0942. The molecule has 0 aromatic carbocycles. The molecule has 1 amide bonds. The summed E-state index contributed by atoms with van der Waals surface area (Å²) >= 11 is 6.65. The lowest BCUT2D eigenvalue weighted by Crippen LogP contribution is -2.45. The smallest absolute Gasteiger partial charge is 0.270 e. The number of hydrogen-bond acceptors (Lipinski definition) is 3. The van der Waals surface area contributed by atoms with Crippen LogP contribution in [0.15, 0.2) is 5.38 Å². The largest absolute Gasteiger partial charge is 0.364 e. The zero-order valence-corrected chi connectivity index (χ0v) is 14.6. The second-order valence-corrected chi connectivity index (χ2v) is 7.89. The van der Waals surface area contributed by atoms with Crippen LogP contribution in [0, 0.1) is 11.3 Å². The molecule has 21 heavy (non-hydrogen) atoms. The fraction of sp³-hybridized carbons (Fsp3) is 0.600. The van der Waals surface area contributed by atoms with Gasteiger partial charge in [0.15, 0.2) is 5.11 Å². The molecule has 1 aromatic heterocycles. The van der Waals surface area contributed by atoms with E-state index >= 15 is 0 Å². The van der Waals surface area contributed by atoms with Gasteiger partial charge in [-0.3, -0.25) is 15.6 Å². The van der Waals surface area contributed by atoms with Gasteiger partial charge in [0.05, 0.1) is 5.56 Å². The van der Waals surface area contributed by atoms with Gasteiger partial charge in [-0.25, -0.2) is 0 Å². The molecule has 0 saturated carbocycles. The Bertz CT molecular complexity index is 546. The molecule has 1 aliphatic carbocycles. The van der Waals surface area contributed by atoms with Crippen molar-refractivity contribution in [1.29, 1.82) is 0 Å². The molecule has 1 heterocycles. The molecule has 4 nitrogen and oxygen atoms in total. The third-order valence-corrected chi connectivity index (χ3v) is 5.50. The van der Waals surface area contributed by atoms with Crippen LogP contribution in [0.25, 0.3) is 0 Å². The molecule has 0 unspecified atom stereocenters. The predicted octanol–water partition coefficient (Wildman–Crippen LogP) is 2.64. The predicted molar refractivity (Wildman–Crippen MR) is 91.5 cm³/mol. The van der Waals surface area contributed by atoms with Gasteiger partial charge in [-0.05, 0) is 48.4 Å². The molecule has 0 fully saturated rings. The number of carbonyl (C=O) groups is 1. The summed E-state index contributed by atoms with van der Waals surface area (Å²) in [5, 5.41) is 5.13. The Morgan fingerprint density at radius 1 is 1.38 bits per heavy atom. The summed E-state index contributed by atoms with van der Waals surface area (Å²) in [5.74, 6) is 0.578. The number of thiophene rings is 1. The van der Waals surface area contributed by atoms with Crippen molar-refractivity contribution >= 4 is 34.6 Å². The number of thiocarbonyl (C=S) groups is 1. The Kier molecular flexibility index (Phi) is 4.88. The highest BCUT2D eigenvalue weighted by Crippen LogP contribution is 2.40. The summed E-state index contributed by atoms with van der Waals surface area (Å²) in [6.07, 6.45) is 3.22. The summed E-state index contributed by atoms with van der Waals surface area (Å²) in [7, 11) is 1.71. The molecule has 2 rings (SSSR count). The van der Waals surface area contributed by atoms with Crippen molar-refractivity contribution in [1.82, 2.24) is 16.2 Å². The number of carbonyl (C=O) groups excluding carboxylic acids is 1. The number of hydrogen-bond donors (Lipinski definition) is 3. The molecule has 0 aliphatic heterocycles. The SMILES string of the molecule is CNC(=S)NNC(=O)c1csc2c1CC[C@@H](C(C)(C)C)C2. The maximum Gasteiger partial charge on any atom is 0.270 e. The molecule has 116 valence electrons. The minimum absolute atomic E-state index is 0.112. The van der Waals surface area contributed by atoms with E-state index in [9.17, 15) is 4.79 Å². The van der Waals surface area contributed by atoms with E-state index in [0.717, 1.165) is 24.8 Å². The first-order valence-electron chi connectivity index (χ1n) is 7.20. The second-order valence-electron chi connectivity index (χ2n) is 6.52. The van der Waals surface area contributed by atoms with Gasteiger partial charge in [0.1, 0.15) is 0 Å². The van der Waals surface area contributed by atoms with E-state index < -0.39 is 0 Å².